The lowest BCUT2D eigenvalue weighted by Gasteiger charge is -2.02. The van der Waals surface area contributed by atoms with E-state index in [4.69, 9.17) is 0 Å². The summed E-state index contributed by atoms with van der Waals surface area (Å²) in [7, 11) is 0. The quantitative estimate of drug-likeness (QED) is 0.437. The van der Waals surface area contributed by atoms with Gasteiger partial charge in [0.25, 0.3) is 0 Å². The SMILES string of the molecule is N#C/C(=C1/C(=C(Br)Br)/C1=C(/Br)C(F)(F)F)c1ccccc1. The number of benzene rings is 1. The normalized spacial score (nSPS) is 19.0. The Hall–Kier alpha value is -0.840. The maximum Gasteiger partial charge on any atom is 0.423 e. The van der Waals surface area contributed by atoms with Crippen molar-refractivity contribution >= 4 is 53.4 Å². The second-order valence-electron chi connectivity index (χ2n) is 4.05. The van der Waals surface area contributed by atoms with E-state index in [-0.39, 0.29) is 16.7 Å². The highest BCUT2D eigenvalue weighted by molar-refractivity contribution is 9.28. The molecule has 21 heavy (non-hydrogen) atoms. The van der Waals surface area contributed by atoms with E-state index in [1.165, 1.54) is 0 Å². The molecule has 0 aromatic heterocycles. The molecule has 1 aromatic carbocycles. The molecule has 0 unspecified atom stereocenters. The van der Waals surface area contributed by atoms with Gasteiger partial charge < -0.3 is 0 Å². The molecule has 2 rings (SSSR count). The summed E-state index contributed by atoms with van der Waals surface area (Å²) in [5, 5.41) is 9.31. The van der Waals surface area contributed by atoms with Crippen LogP contribution in [-0.4, -0.2) is 6.18 Å². The molecule has 0 N–H and O–H groups in total. The first-order valence-corrected chi connectivity index (χ1v) is 7.90. The minimum Gasteiger partial charge on any atom is -0.192 e. The molecule has 0 saturated heterocycles. The molecule has 1 aliphatic carbocycles. The van der Waals surface area contributed by atoms with Crippen LogP contribution in [0.3, 0.4) is 0 Å². The van der Waals surface area contributed by atoms with Gasteiger partial charge in [0.05, 0.1) is 8.96 Å². The third-order valence-electron chi connectivity index (χ3n) is 2.77. The average molecular weight is 484 g/mol. The number of nitrogens with zero attached hydrogens (tertiary/aromatic N) is 1. The molecule has 0 bridgehead atoms. The van der Waals surface area contributed by atoms with Gasteiger partial charge in [-0.2, -0.15) is 18.4 Å². The minimum absolute atomic E-state index is 0.00773. The molecule has 0 atom stereocenters. The second-order valence-corrected chi connectivity index (χ2v) is 7.49. The van der Waals surface area contributed by atoms with E-state index in [2.05, 4.69) is 47.8 Å². The average Bonchev–Trinajstić information content (AvgIpc) is 3.14. The zero-order valence-electron chi connectivity index (χ0n) is 10.1. The molecule has 0 aliphatic heterocycles. The number of rotatable bonds is 1. The van der Waals surface area contributed by atoms with E-state index in [1.807, 2.05) is 6.07 Å². The number of hydrogen-bond donors (Lipinski definition) is 0. The molecular formula is C14H5Br3F3N. The summed E-state index contributed by atoms with van der Waals surface area (Å²) < 4.78 is 38.1. The zero-order valence-corrected chi connectivity index (χ0v) is 14.9. The predicted octanol–water partition coefficient (Wildman–Crippen LogP) is 6.19. The third-order valence-corrected chi connectivity index (χ3v) is 4.41. The Labute approximate surface area is 144 Å². The smallest absolute Gasteiger partial charge is 0.192 e. The van der Waals surface area contributed by atoms with Gasteiger partial charge in [0.1, 0.15) is 10.6 Å². The molecular weight excluding hydrogens is 479 g/mol. The summed E-state index contributed by atoms with van der Waals surface area (Å²) in [4.78, 5) is 0. The molecule has 1 aromatic rings. The monoisotopic (exact) mass is 481 g/mol. The highest BCUT2D eigenvalue weighted by atomic mass is 79.9. The lowest BCUT2D eigenvalue weighted by molar-refractivity contribution is -0.0830. The first kappa shape index (κ1) is 16.5. The first-order chi connectivity index (χ1) is 9.79. The fraction of sp³-hybridized carbons (Fsp3) is 0.0714. The summed E-state index contributed by atoms with van der Waals surface area (Å²) in [5.74, 6) is 0. The maximum atomic E-state index is 12.9. The van der Waals surface area contributed by atoms with Crippen LogP contribution >= 0.6 is 47.8 Å². The van der Waals surface area contributed by atoms with Gasteiger partial charge in [-0.1, -0.05) is 30.3 Å². The minimum atomic E-state index is -4.50. The van der Waals surface area contributed by atoms with Crippen LogP contribution < -0.4 is 0 Å². The van der Waals surface area contributed by atoms with E-state index in [1.54, 1.807) is 30.3 Å². The Morgan fingerprint density at radius 2 is 1.52 bits per heavy atom. The lowest BCUT2D eigenvalue weighted by Crippen LogP contribution is -2.06. The van der Waals surface area contributed by atoms with Crippen LogP contribution in [0.15, 0.2) is 54.9 Å². The molecule has 1 fully saturated rings. The maximum absolute atomic E-state index is 12.9. The summed E-state index contributed by atoms with van der Waals surface area (Å²) in [5.41, 5.74) is 1.41. The number of alkyl halides is 3. The fourth-order valence-corrected chi connectivity index (χ4v) is 3.05. The van der Waals surface area contributed by atoms with Crippen LogP contribution in [0.4, 0.5) is 13.2 Å². The number of halogens is 6. The molecule has 0 spiro atoms. The molecule has 0 radical (unpaired) electrons. The highest BCUT2D eigenvalue weighted by Gasteiger charge is 2.46. The Morgan fingerprint density at radius 1 is 0.952 bits per heavy atom. The Kier molecular flexibility index (Phi) is 4.81. The van der Waals surface area contributed by atoms with Crippen LogP contribution in [0, 0.1) is 11.3 Å². The topological polar surface area (TPSA) is 23.8 Å². The van der Waals surface area contributed by atoms with Crippen LogP contribution in [-0.2, 0) is 0 Å². The van der Waals surface area contributed by atoms with Gasteiger partial charge in [-0.05, 0) is 53.4 Å². The number of nitriles is 1. The van der Waals surface area contributed by atoms with Crippen molar-refractivity contribution in [2.75, 3.05) is 0 Å². The zero-order chi connectivity index (χ0) is 15.8. The number of allylic oxidation sites excluding steroid dienone is 5. The van der Waals surface area contributed by atoms with Crippen LogP contribution in [0.25, 0.3) is 5.57 Å². The summed E-state index contributed by atoms with van der Waals surface area (Å²) >= 11 is 8.81. The Balaban J connectivity index is 2.71. The Morgan fingerprint density at radius 3 is 1.95 bits per heavy atom. The van der Waals surface area contributed by atoms with Crippen molar-refractivity contribution in [2.24, 2.45) is 0 Å². The van der Waals surface area contributed by atoms with Crippen molar-refractivity contribution in [3.63, 3.8) is 0 Å². The van der Waals surface area contributed by atoms with E-state index in [9.17, 15) is 18.4 Å². The van der Waals surface area contributed by atoms with Gasteiger partial charge in [0.2, 0.25) is 0 Å². The highest BCUT2D eigenvalue weighted by Crippen LogP contribution is 2.57. The van der Waals surface area contributed by atoms with Gasteiger partial charge in [-0.25, -0.2) is 0 Å². The standard InChI is InChI=1S/C14H5Br3F3N/c15-12(14(18,19)20)10-9(11(10)13(16)17)8(6-21)7-4-2-1-3-5-7/h1-5H/b9-8-,12-10+. The van der Waals surface area contributed by atoms with Crippen molar-refractivity contribution in [2.45, 2.75) is 6.18 Å². The van der Waals surface area contributed by atoms with Crippen molar-refractivity contribution in [1.29, 1.82) is 5.26 Å². The van der Waals surface area contributed by atoms with Gasteiger partial charge in [0.15, 0.2) is 0 Å². The van der Waals surface area contributed by atoms with Crippen LogP contribution in [0.5, 0.6) is 0 Å². The molecule has 7 heteroatoms. The van der Waals surface area contributed by atoms with Gasteiger partial charge >= 0.3 is 6.18 Å². The molecule has 0 amide bonds. The molecule has 108 valence electrons. The van der Waals surface area contributed by atoms with E-state index >= 15 is 0 Å². The van der Waals surface area contributed by atoms with Crippen molar-refractivity contribution in [3.05, 3.63) is 60.5 Å². The molecule has 1 aliphatic rings. The molecule has 1 nitrogen and oxygen atoms in total. The van der Waals surface area contributed by atoms with Gasteiger partial charge in [0, 0.05) is 16.7 Å². The molecule has 1 saturated carbocycles. The van der Waals surface area contributed by atoms with Crippen molar-refractivity contribution in [3.8, 4) is 6.07 Å². The van der Waals surface area contributed by atoms with E-state index < -0.39 is 10.7 Å². The van der Waals surface area contributed by atoms with E-state index in [0.717, 1.165) is 0 Å². The summed E-state index contributed by atoms with van der Waals surface area (Å²) in [6, 6.07) is 10.6. The van der Waals surface area contributed by atoms with Gasteiger partial charge in [-0.15, -0.1) is 0 Å². The summed E-state index contributed by atoms with van der Waals surface area (Å²) in [6.45, 7) is 0. The molecule has 0 heterocycles. The van der Waals surface area contributed by atoms with Crippen LogP contribution in [0.2, 0.25) is 0 Å². The predicted molar refractivity (Wildman–Crippen MR) is 85.9 cm³/mol. The first-order valence-electron chi connectivity index (χ1n) is 5.52. The Bertz CT molecular complexity index is 718. The van der Waals surface area contributed by atoms with Crippen molar-refractivity contribution < 1.29 is 13.2 Å². The van der Waals surface area contributed by atoms with Gasteiger partial charge in [-0.3, -0.25) is 0 Å². The van der Waals surface area contributed by atoms with E-state index in [0.29, 0.717) is 14.5 Å². The largest absolute Gasteiger partial charge is 0.423 e. The fourth-order valence-electron chi connectivity index (χ4n) is 1.86. The van der Waals surface area contributed by atoms with Crippen molar-refractivity contribution in [1.82, 2.24) is 0 Å². The van der Waals surface area contributed by atoms with Crippen LogP contribution in [0.1, 0.15) is 5.56 Å². The third kappa shape index (κ3) is 3.33. The second kappa shape index (κ2) is 6.11. The lowest BCUT2D eigenvalue weighted by atomic mass is 10.1. The number of hydrogen-bond acceptors (Lipinski definition) is 1. The summed E-state index contributed by atoms with van der Waals surface area (Å²) in [6.07, 6.45) is -4.50.